The van der Waals surface area contributed by atoms with Crippen molar-refractivity contribution in [2.24, 2.45) is 0 Å². The predicted molar refractivity (Wildman–Crippen MR) is 91.5 cm³/mol. The second-order valence-electron chi connectivity index (χ2n) is 6.25. The van der Waals surface area contributed by atoms with Crippen LogP contribution in [0.3, 0.4) is 0 Å². The van der Waals surface area contributed by atoms with E-state index in [-0.39, 0.29) is 18.4 Å². The van der Waals surface area contributed by atoms with Crippen LogP contribution in [0.25, 0.3) is 10.9 Å². The molecule has 1 atom stereocenters. The molecule has 2 aromatic rings. The van der Waals surface area contributed by atoms with Gasteiger partial charge in [-0.15, -0.1) is 0 Å². The monoisotopic (exact) mass is 329 g/mol. The number of likely N-dealkylation sites (tertiary alicyclic amines) is 1. The van der Waals surface area contributed by atoms with E-state index in [0.717, 1.165) is 29.4 Å². The van der Waals surface area contributed by atoms with E-state index in [1.165, 1.54) is 4.90 Å². The van der Waals surface area contributed by atoms with Crippen molar-refractivity contribution >= 4 is 22.7 Å². The van der Waals surface area contributed by atoms with Crippen molar-refractivity contribution in [3.8, 4) is 0 Å². The lowest BCUT2D eigenvalue weighted by Crippen LogP contribution is -2.44. The molecule has 6 nitrogen and oxygen atoms in total. The summed E-state index contributed by atoms with van der Waals surface area (Å²) in [6.45, 7) is 1.06. The van der Waals surface area contributed by atoms with Gasteiger partial charge in [0, 0.05) is 30.7 Å². The molecule has 3 rings (SSSR count). The third-order valence-electron chi connectivity index (χ3n) is 4.39. The molecule has 2 heterocycles. The minimum atomic E-state index is -0.966. The highest BCUT2D eigenvalue weighted by Crippen LogP contribution is 2.14. The van der Waals surface area contributed by atoms with Crippen LogP contribution in [0.15, 0.2) is 30.3 Å². The summed E-state index contributed by atoms with van der Waals surface area (Å²) in [7, 11) is 0. The van der Waals surface area contributed by atoms with Gasteiger partial charge in [0.25, 0.3) is 5.91 Å². The Kier molecular flexibility index (Phi) is 5.15. The molecule has 6 heteroatoms. The van der Waals surface area contributed by atoms with E-state index in [9.17, 15) is 14.7 Å². The fourth-order valence-corrected chi connectivity index (χ4v) is 3.08. The number of hydrogen-bond donors (Lipinski definition) is 3. The lowest BCUT2D eigenvalue weighted by atomic mass is 10.2. The maximum Gasteiger partial charge on any atom is 0.251 e. The van der Waals surface area contributed by atoms with Gasteiger partial charge >= 0.3 is 0 Å². The third-order valence-corrected chi connectivity index (χ3v) is 4.39. The lowest BCUT2D eigenvalue weighted by molar-refractivity contribution is -0.142. The molecule has 0 aliphatic carbocycles. The Morgan fingerprint density at radius 3 is 3.00 bits per heavy atom. The van der Waals surface area contributed by atoms with Crippen molar-refractivity contribution in [3.05, 3.63) is 36.0 Å². The van der Waals surface area contributed by atoms with Gasteiger partial charge in [-0.3, -0.25) is 9.59 Å². The summed E-state index contributed by atoms with van der Waals surface area (Å²) < 4.78 is 0. The van der Waals surface area contributed by atoms with Crippen molar-refractivity contribution in [3.63, 3.8) is 0 Å². The summed E-state index contributed by atoms with van der Waals surface area (Å²) in [5, 5.41) is 13.7. The molecule has 1 aromatic carbocycles. The molecule has 3 N–H and O–H groups in total. The highest BCUT2D eigenvalue weighted by atomic mass is 16.3. The Labute approximate surface area is 140 Å². The molecule has 1 aliphatic heterocycles. The number of H-pyrrole nitrogens is 1. The number of nitrogens with zero attached hydrogens (tertiary/aromatic N) is 1. The number of benzene rings is 1. The van der Waals surface area contributed by atoms with Gasteiger partial charge in [0.2, 0.25) is 5.91 Å². The Hall–Kier alpha value is -2.34. The highest BCUT2D eigenvalue weighted by Gasteiger charge is 2.26. The van der Waals surface area contributed by atoms with Gasteiger partial charge in [0.05, 0.1) is 6.54 Å². The Morgan fingerprint density at radius 1 is 1.33 bits per heavy atom. The van der Waals surface area contributed by atoms with Crippen LogP contribution in [0.4, 0.5) is 0 Å². The number of hydrogen-bond acceptors (Lipinski definition) is 3. The van der Waals surface area contributed by atoms with E-state index >= 15 is 0 Å². The van der Waals surface area contributed by atoms with Crippen LogP contribution in [0.1, 0.15) is 25.0 Å². The van der Waals surface area contributed by atoms with Gasteiger partial charge in [-0.05, 0) is 36.8 Å². The molecule has 1 aromatic heterocycles. The minimum Gasteiger partial charge on any atom is -0.383 e. The number of amides is 2. The summed E-state index contributed by atoms with van der Waals surface area (Å²) in [5.74, 6) is -0.521. The van der Waals surface area contributed by atoms with Gasteiger partial charge in [-0.25, -0.2) is 0 Å². The van der Waals surface area contributed by atoms with Gasteiger partial charge in [0.15, 0.2) is 0 Å². The molecule has 1 unspecified atom stereocenters. The summed E-state index contributed by atoms with van der Waals surface area (Å²) in [4.78, 5) is 28.8. The number of rotatable bonds is 5. The second-order valence-corrected chi connectivity index (χ2v) is 6.25. The van der Waals surface area contributed by atoms with Gasteiger partial charge in [0.1, 0.15) is 6.10 Å². The number of carbonyl (C=O) groups is 2. The van der Waals surface area contributed by atoms with Gasteiger partial charge < -0.3 is 20.3 Å². The number of para-hydroxylation sites is 1. The molecule has 0 spiro atoms. The molecular formula is C18H23N3O3. The topological polar surface area (TPSA) is 85.4 Å². The van der Waals surface area contributed by atoms with Crippen molar-refractivity contribution in [2.75, 3.05) is 19.6 Å². The number of aromatic nitrogens is 1. The lowest BCUT2D eigenvalue weighted by Gasteiger charge is -2.21. The molecule has 24 heavy (non-hydrogen) atoms. The molecule has 1 aliphatic rings. The Balaban J connectivity index is 1.47. The molecule has 1 fully saturated rings. The number of aliphatic hydroxyl groups is 1. The van der Waals surface area contributed by atoms with Crippen molar-refractivity contribution in [1.29, 1.82) is 0 Å². The zero-order chi connectivity index (χ0) is 16.9. The molecule has 0 radical (unpaired) electrons. The molecule has 2 amide bonds. The standard InChI is InChI=1S/C18H23N3O3/c22-16-7-3-4-10-21(18(16)24)12-17(23)19-9-8-14-11-13-5-1-2-6-15(13)20-14/h1-2,5-6,11,16,20,22H,3-4,7-10,12H2,(H,19,23). The van der Waals surface area contributed by atoms with E-state index in [4.69, 9.17) is 0 Å². The fraction of sp³-hybridized carbons (Fsp3) is 0.444. The average Bonchev–Trinajstić information content (AvgIpc) is 2.92. The predicted octanol–water partition coefficient (Wildman–Crippen LogP) is 1.20. The maximum atomic E-state index is 12.0. The fourth-order valence-electron chi connectivity index (χ4n) is 3.08. The number of aliphatic hydroxyl groups excluding tert-OH is 1. The number of nitrogens with one attached hydrogen (secondary N) is 2. The van der Waals surface area contributed by atoms with Crippen LogP contribution in [0.2, 0.25) is 0 Å². The quantitative estimate of drug-likeness (QED) is 0.770. The first-order valence-corrected chi connectivity index (χ1v) is 8.43. The minimum absolute atomic E-state index is 0.0165. The molecule has 0 saturated carbocycles. The van der Waals surface area contributed by atoms with Crippen LogP contribution >= 0.6 is 0 Å². The highest BCUT2D eigenvalue weighted by molar-refractivity contribution is 5.87. The smallest absolute Gasteiger partial charge is 0.251 e. The largest absolute Gasteiger partial charge is 0.383 e. The summed E-state index contributed by atoms with van der Waals surface area (Å²) in [6.07, 6.45) is 1.86. The number of aromatic amines is 1. The summed E-state index contributed by atoms with van der Waals surface area (Å²) in [6, 6.07) is 10.1. The summed E-state index contributed by atoms with van der Waals surface area (Å²) >= 11 is 0. The van der Waals surface area contributed by atoms with Crippen LogP contribution in [-0.2, 0) is 16.0 Å². The normalized spacial score (nSPS) is 18.6. The van der Waals surface area contributed by atoms with Crippen molar-refractivity contribution < 1.29 is 14.7 Å². The Morgan fingerprint density at radius 2 is 2.17 bits per heavy atom. The first kappa shape index (κ1) is 16.5. The van der Waals surface area contributed by atoms with E-state index < -0.39 is 6.10 Å². The van der Waals surface area contributed by atoms with Crippen LogP contribution < -0.4 is 5.32 Å². The molecule has 0 bridgehead atoms. The summed E-state index contributed by atoms with van der Waals surface area (Å²) in [5.41, 5.74) is 2.15. The second kappa shape index (κ2) is 7.49. The van der Waals surface area contributed by atoms with Gasteiger partial charge in [-0.1, -0.05) is 18.2 Å². The van der Waals surface area contributed by atoms with Crippen LogP contribution in [0.5, 0.6) is 0 Å². The van der Waals surface area contributed by atoms with E-state index in [1.807, 2.05) is 24.3 Å². The van der Waals surface area contributed by atoms with Crippen LogP contribution in [0, 0.1) is 0 Å². The zero-order valence-corrected chi connectivity index (χ0v) is 13.6. The first-order valence-electron chi connectivity index (χ1n) is 8.43. The zero-order valence-electron chi connectivity index (χ0n) is 13.6. The van der Waals surface area contributed by atoms with Crippen molar-refractivity contribution in [1.82, 2.24) is 15.2 Å². The molecule has 1 saturated heterocycles. The average molecular weight is 329 g/mol. The molecular weight excluding hydrogens is 306 g/mol. The van der Waals surface area contributed by atoms with Crippen LogP contribution in [-0.4, -0.2) is 52.5 Å². The van der Waals surface area contributed by atoms with E-state index in [0.29, 0.717) is 25.9 Å². The SMILES string of the molecule is O=C(CN1CCCCC(O)C1=O)NCCc1cc2ccccc2[nH]1. The first-order chi connectivity index (χ1) is 11.6. The molecule has 128 valence electrons. The Bertz CT molecular complexity index is 692. The van der Waals surface area contributed by atoms with Crippen molar-refractivity contribution in [2.45, 2.75) is 31.8 Å². The number of carbonyl (C=O) groups excluding carboxylic acids is 2. The number of fused-ring (bicyclic) bond motifs is 1. The third kappa shape index (κ3) is 3.94. The van der Waals surface area contributed by atoms with E-state index in [2.05, 4.69) is 16.4 Å². The maximum absolute atomic E-state index is 12.0. The van der Waals surface area contributed by atoms with Gasteiger partial charge in [-0.2, -0.15) is 0 Å². The van der Waals surface area contributed by atoms with E-state index in [1.54, 1.807) is 0 Å².